The molecule has 170 valence electrons. The molecule has 1 amide bonds. The summed E-state index contributed by atoms with van der Waals surface area (Å²) < 4.78 is 1.79. The van der Waals surface area contributed by atoms with Crippen LogP contribution >= 0.6 is 11.8 Å². The molecule has 2 aromatic rings. The molecule has 1 aromatic carbocycles. The van der Waals surface area contributed by atoms with Crippen LogP contribution in [0.3, 0.4) is 0 Å². The Bertz CT molecular complexity index is 1180. The lowest BCUT2D eigenvalue weighted by Gasteiger charge is -2.20. The Kier molecular flexibility index (Phi) is 6.83. The zero-order chi connectivity index (χ0) is 23.4. The Morgan fingerprint density at radius 2 is 1.91 bits per heavy atom. The second kappa shape index (κ2) is 9.95. The predicted octanol–water partition coefficient (Wildman–Crippen LogP) is 5.37. The van der Waals surface area contributed by atoms with Crippen LogP contribution in [0.1, 0.15) is 51.1 Å². The van der Waals surface area contributed by atoms with E-state index in [2.05, 4.69) is 17.0 Å². The number of hydrogen-bond acceptors (Lipinski definition) is 6. The van der Waals surface area contributed by atoms with E-state index in [0.717, 1.165) is 24.3 Å². The molecule has 0 radical (unpaired) electrons. The number of rotatable bonds is 9. The SMILES string of the molecule is CCCCCCCC1=NN2C(=N)/C(=C\c3cccn3-c3ccc([N+](=O)[O-])cc3)C(=O)N=C2S1. The normalized spacial score (nSPS) is 16.8. The lowest BCUT2D eigenvalue weighted by molar-refractivity contribution is -0.384. The number of unbranched alkanes of at least 4 members (excludes halogenated alkanes) is 4. The molecule has 0 atom stereocenters. The van der Waals surface area contributed by atoms with Gasteiger partial charge in [0.05, 0.1) is 10.5 Å². The van der Waals surface area contributed by atoms with Crippen molar-refractivity contribution in [2.45, 2.75) is 45.4 Å². The number of aromatic nitrogens is 1. The summed E-state index contributed by atoms with van der Waals surface area (Å²) in [5.74, 6) is -0.482. The minimum Gasteiger partial charge on any atom is -0.317 e. The Labute approximate surface area is 195 Å². The van der Waals surface area contributed by atoms with Crippen LogP contribution < -0.4 is 0 Å². The van der Waals surface area contributed by atoms with Gasteiger partial charge < -0.3 is 4.57 Å². The maximum atomic E-state index is 12.7. The standard InChI is InChI=1S/C23H24N6O3S/c1-2-3-4-5-6-9-20-26-28-21(24)19(22(30)25-23(28)33-20)15-18-8-7-14-27(18)16-10-12-17(13-11-16)29(31)32/h7-8,10-15,24H,2-6,9H2,1H3/b19-15+,24-21?. The minimum absolute atomic E-state index is 0.00229. The van der Waals surface area contributed by atoms with E-state index >= 15 is 0 Å². The number of nitro groups is 1. The summed E-state index contributed by atoms with van der Waals surface area (Å²) in [6.45, 7) is 2.18. The van der Waals surface area contributed by atoms with Crippen molar-refractivity contribution in [3.8, 4) is 5.69 Å². The molecule has 4 rings (SSSR count). The first-order valence-corrected chi connectivity index (χ1v) is 11.7. The average Bonchev–Trinajstić information content (AvgIpc) is 3.43. The van der Waals surface area contributed by atoms with Gasteiger partial charge in [-0.2, -0.15) is 15.1 Å². The lowest BCUT2D eigenvalue weighted by atomic mass is 10.1. The topological polar surface area (TPSA) is 117 Å². The average molecular weight is 465 g/mol. The van der Waals surface area contributed by atoms with E-state index in [-0.39, 0.29) is 17.1 Å². The number of nitrogens with one attached hydrogen (secondary N) is 1. The van der Waals surface area contributed by atoms with Crippen LogP contribution in [-0.2, 0) is 4.79 Å². The number of thioether (sulfide) groups is 1. The van der Waals surface area contributed by atoms with Gasteiger partial charge in [-0.25, -0.2) is 0 Å². The molecule has 3 heterocycles. The first-order chi connectivity index (χ1) is 16.0. The summed E-state index contributed by atoms with van der Waals surface area (Å²) in [4.78, 5) is 27.3. The monoisotopic (exact) mass is 464 g/mol. The van der Waals surface area contributed by atoms with Gasteiger partial charge in [0.2, 0.25) is 5.17 Å². The van der Waals surface area contributed by atoms with E-state index in [9.17, 15) is 14.9 Å². The number of fused-ring (bicyclic) bond motifs is 1. The molecule has 0 aliphatic carbocycles. The molecular weight excluding hydrogens is 440 g/mol. The molecule has 33 heavy (non-hydrogen) atoms. The maximum Gasteiger partial charge on any atom is 0.283 e. The number of carbonyl (C=O) groups is 1. The molecule has 0 unspecified atom stereocenters. The van der Waals surface area contributed by atoms with Gasteiger partial charge in [0.25, 0.3) is 11.6 Å². The van der Waals surface area contributed by atoms with E-state index in [1.807, 2.05) is 0 Å². The van der Waals surface area contributed by atoms with Crippen molar-refractivity contribution < 1.29 is 9.72 Å². The molecule has 10 heteroatoms. The van der Waals surface area contributed by atoms with Crippen molar-refractivity contribution in [3.63, 3.8) is 0 Å². The summed E-state index contributed by atoms with van der Waals surface area (Å²) >= 11 is 1.36. The predicted molar refractivity (Wildman–Crippen MR) is 131 cm³/mol. The molecule has 9 nitrogen and oxygen atoms in total. The molecule has 2 aliphatic rings. The molecular formula is C23H24N6O3S. The van der Waals surface area contributed by atoms with E-state index in [1.54, 1.807) is 41.1 Å². The maximum absolute atomic E-state index is 12.7. The summed E-state index contributed by atoms with van der Waals surface area (Å²) in [7, 11) is 0. The third-order valence-electron chi connectivity index (χ3n) is 5.40. The Morgan fingerprint density at radius 1 is 1.15 bits per heavy atom. The van der Waals surface area contributed by atoms with Crippen LogP contribution in [0, 0.1) is 15.5 Å². The number of amides is 1. The Morgan fingerprint density at radius 3 is 2.64 bits per heavy atom. The van der Waals surface area contributed by atoms with Gasteiger partial charge in [-0.1, -0.05) is 32.6 Å². The highest BCUT2D eigenvalue weighted by atomic mass is 32.2. The lowest BCUT2D eigenvalue weighted by Crippen LogP contribution is -2.35. The number of hydrogen-bond donors (Lipinski definition) is 1. The van der Waals surface area contributed by atoms with Gasteiger partial charge in [-0.15, -0.1) is 0 Å². The van der Waals surface area contributed by atoms with Gasteiger partial charge in [-0.3, -0.25) is 20.3 Å². The molecule has 0 bridgehead atoms. The van der Waals surface area contributed by atoms with Crippen LogP contribution in [0.4, 0.5) is 5.69 Å². The third kappa shape index (κ3) is 4.95. The van der Waals surface area contributed by atoms with Gasteiger partial charge in [-0.05, 0) is 54.9 Å². The molecule has 0 saturated heterocycles. The van der Waals surface area contributed by atoms with Crippen molar-refractivity contribution in [1.29, 1.82) is 5.41 Å². The molecule has 1 aromatic heterocycles. The van der Waals surface area contributed by atoms with Crippen molar-refractivity contribution in [2.24, 2.45) is 10.1 Å². The van der Waals surface area contributed by atoms with Gasteiger partial charge in [0.1, 0.15) is 5.04 Å². The van der Waals surface area contributed by atoms with Gasteiger partial charge >= 0.3 is 0 Å². The van der Waals surface area contributed by atoms with Crippen LogP contribution in [0.5, 0.6) is 0 Å². The highest BCUT2D eigenvalue weighted by molar-refractivity contribution is 8.26. The summed E-state index contributed by atoms with van der Waals surface area (Å²) in [5.41, 5.74) is 1.51. The van der Waals surface area contributed by atoms with Crippen LogP contribution in [0.2, 0.25) is 0 Å². The van der Waals surface area contributed by atoms with Crippen LogP contribution in [0.15, 0.2) is 58.3 Å². The number of nitrogens with zero attached hydrogens (tertiary/aromatic N) is 5. The Balaban J connectivity index is 1.53. The number of non-ortho nitro benzene ring substituents is 1. The van der Waals surface area contributed by atoms with E-state index in [4.69, 9.17) is 5.41 Å². The molecule has 0 spiro atoms. The fourth-order valence-corrected chi connectivity index (χ4v) is 4.57. The summed E-state index contributed by atoms with van der Waals surface area (Å²) in [5, 5.41) is 26.7. The third-order valence-corrected chi connectivity index (χ3v) is 6.37. The number of carbonyl (C=O) groups excluding carboxylic acids is 1. The van der Waals surface area contributed by atoms with Crippen molar-refractivity contribution in [1.82, 2.24) is 9.58 Å². The fourth-order valence-electron chi connectivity index (χ4n) is 3.64. The smallest absolute Gasteiger partial charge is 0.283 e. The second-order valence-corrected chi connectivity index (χ2v) is 8.80. The summed E-state index contributed by atoms with van der Waals surface area (Å²) in [6, 6.07) is 9.74. The first-order valence-electron chi connectivity index (χ1n) is 10.9. The number of nitro benzene ring substituents is 1. The highest BCUT2D eigenvalue weighted by Gasteiger charge is 2.35. The zero-order valence-electron chi connectivity index (χ0n) is 18.2. The van der Waals surface area contributed by atoms with Crippen molar-refractivity contribution in [3.05, 3.63) is 64.0 Å². The van der Waals surface area contributed by atoms with Crippen LogP contribution in [0.25, 0.3) is 11.8 Å². The minimum atomic E-state index is -0.477. The molecule has 0 saturated carbocycles. The number of amidine groups is 2. The van der Waals surface area contributed by atoms with Crippen LogP contribution in [-0.4, -0.2) is 36.5 Å². The molecule has 2 aliphatic heterocycles. The number of hydrazone groups is 1. The van der Waals surface area contributed by atoms with E-state index in [0.29, 0.717) is 16.5 Å². The summed E-state index contributed by atoms with van der Waals surface area (Å²) in [6.07, 6.45) is 10.0. The number of benzene rings is 1. The van der Waals surface area contributed by atoms with E-state index < -0.39 is 10.8 Å². The fraction of sp³-hybridized carbons (Fsp3) is 0.304. The van der Waals surface area contributed by atoms with E-state index in [1.165, 1.54) is 48.2 Å². The van der Waals surface area contributed by atoms with Gasteiger partial charge in [0, 0.05) is 29.7 Å². The van der Waals surface area contributed by atoms with Gasteiger partial charge in [0.15, 0.2) is 5.84 Å². The first kappa shape index (κ1) is 22.7. The Hall–Kier alpha value is -3.53. The molecule has 1 N–H and O–H groups in total. The quantitative estimate of drug-likeness (QED) is 0.232. The molecule has 0 fully saturated rings. The second-order valence-electron chi connectivity index (χ2n) is 7.75. The number of aliphatic imine (C=N–C) groups is 1. The highest BCUT2D eigenvalue weighted by Crippen LogP contribution is 2.30. The zero-order valence-corrected chi connectivity index (χ0v) is 19.0. The van der Waals surface area contributed by atoms with Crippen molar-refractivity contribution in [2.75, 3.05) is 0 Å². The van der Waals surface area contributed by atoms with Crippen molar-refractivity contribution >= 4 is 45.5 Å². The largest absolute Gasteiger partial charge is 0.317 e.